The molecule has 0 saturated carbocycles. The van der Waals surface area contributed by atoms with Crippen LogP contribution in [0.1, 0.15) is 139 Å². The fraction of sp³-hybridized carbons (Fsp3) is 0.256. The van der Waals surface area contributed by atoms with Crippen LogP contribution in [0.15, 0.2) is 394 Å². The molecule has 0 spiro atoms. The van der Waals surface area contributed by atoms with Gasteiger partial charge in [-0.2, -0.15) is 0 Å². The van der Waals surface area contributed by atoms with Crippen LogP contribution < -0.4 is 46.4 Å². The normalized spacial score (nSPS) is 10.6. The summed E-state index contributed by atoms with van der Waals surface area (Å²) in [6.45, 7) is 8.19. The molecule has 135 heavy (non-hydrogen) atoms. The van der Waals surface area contributed by atoms with E-state index in [0.29, 0.717) is 70.9 Å². The number of anilines is 3. The van der Waals surface area contributed by atoms with Crippen molar-refractivity contribution in [3.05, 3.63) is 494 Å². The molecule has 0 fully saturated rings. The van der Waals surface area contributed by atoms with Crippen molar-refractivity contribution in [1.82, 2.24) is 0 Å². The van der Waals surface area contributed by atoms with Crippen LogP contribution in [0.4, 0.5) is 17.1 Å². The lowest BCUT2D eigenvalue weighted by atomic mass is 9.99. The number of aliphatic hydroxyl groups is 3. The van der Waals surface area contributed by atoms with Crippen molar-refractivity contribution in [3.63, 3.8) is 0 Å². The van der Waals surface area contributed by atoms with Crippen LogP contribution in [0.2, 0.25) is 0 Å². The fourth-order valence-corrected chi connectivity index (χ4v) is 15.2. The molecule has 15 aromatic rings. The van der Waals surface area contributed by atoms with Crippen molar-refractivity contribution in [3.8, 4) is 23.0 Å². The SMILES string of the molecule is NCCCCc1ccc(CCc2ccccc2)c(NCc2ccccc2)c1.NCCOCc1ccc(CCc2ccccc2)c(NCc2ccccc2)c1.OCCCCc1ccc(CCc2ccccc2)c(NCc2ccccc2)c1.OCCCCc1ccc(OCc2ccccc2)c(OCc2ccccc2)c1.OCCOCc1ccc(OCc2ccccc2)c(OCc2ccccc2)c1. The summed E-state index contributed by atoms with van der Waals surface area (Å²) in [6.07, 6.45) is 15.1. The Hall–Kier alpha value is -13.4. The number of nitrogens with one attached hydrogen (secondary N) is 3. The van der Waals surface area contributed by atoms with Gasteiger partial charge in [-0.1, -0.05) is 352 Å². The fourth-order valence-electron chi connectivity index (χ4n) is 15.2. The second-order valence-corrected chi connectivity index (χ2v) is 33.3. The quantitative estimate of drug-likeness (QED) is 0.0167. The minimum absolute atomic E-state index is 0.00956. The lowest BCUT2D eigenvalue weighted by Gasteiger charge is -2.15. The Bertz CT molecular complexity index is 4830. The van der Waals surface area contributed by atoms with E-state index in [9.17, 15) is 0 Å². The molecule has 14 heteroatoms. The topological polar surface area (TPSA) is 204 Å². The highest BCUT2D eigenvalue weighted by Gasteiger charge is 2.15. The van der Waals surface area contributed by atoms with Crippen molar-refractivity contribution in [1.29, 1.82) is 0 Å². The van der Waals surface area contributed by atoms with Gasteiger partial charge in [0, 0.05) is 56.5 Å². The van der Waals surface area contributed by atoms with Gasteiger partial charge in [-0.3, -0.25) is 0 Å². The van der Waals surface area contributed by atoms with Gasteiger partial charge in [0.1, 0.15) is 26.4 Å². The van der Waals surface area contributed by atoms with Gasteiger partial charge in [0.25, 0.3) is 0 Å². The summed E-state index contributed by atoms with van der Waals surface area (Å²) in [4.78, 5) is 0. The number of hydrogen-bond acceptors (Lipinski definition) is 14. The molecular weight excluding hydrogens is 1670 g/mol. The third-order valence-electron chi connectivity index (χ3n) is 22.7. The Morgan fingerprint density at radius 2 is 0.452 bits per heavy atom. The predicted molar refractivity (Wildman–Crippen MR) is 556 cm³/mol. The molecule has 0 unspecified atom stereocenters. The molecule has 0 radical (unpaired) electrons. The van der Waals surface area contributed by atoms with E-state index < -0.39 is 0 Å². The number of unbranched alkanes of at least 4 members (excludes halogenated alkanes) is 3. The Morgan fingerprint density at radius 1 is 0.193 bits per heavy atom. The lowest BCUT2D eigenvalue weighted by Crippen LogP contribution is -2.09. The van der Waals surface area contributed by atoms with E-state index in [2.05, 4.69) is 271 Å². The van der Waals surface area contributed by atoms with Gasteiger partial charge >= 0.3 is 0 Å². The van der Waals surface area contributed by atoms with Gasteiger partial charge in [0.2, 0.25) is 0 Å². The monoisotopic (exact) mass is 1800 g/mol. The third-order valence-corrected chi connectivity index (χ3v) is 22.7. The van der Waals surface area contributed by atoms with Crippen molar-refractivity contribution in [2.24, 2.45) is 11.5 Å². The summed E-state index contributed by atoms with van der Waals surface area (Å²) in [5.41, 5.74) is 37.4. The van der Waals surface area contributed by atoms with Crippen molar-refractivity contribution in [2.75, 3.05) is 62.1 Å². The van der Waals surface area contributed by atoms with E-state index in [-0.39, 0.29) is 19.8 Å². The maximum atomic E-state index is 9.02. The molecule has 0 aliphatic heterocycles. The molecule has 0 amide bonds. The molecule has 0 bridgehead atoms. The van der Waals surface area contributed by atoms with E-state index in [1.807, 2.05) is 140 Å². The summed E-state index contributed by atoms with van der Waals surface area (Å²) in [5.74, 6) is 2.89. The van der Waals surface area contributed by atoms with Gasteiger partial charge in [0.15, 0.2) is 23.0 Å². The second kappa shape index (κ2) is 62.2. The molecule has 0 aliphatic carbocycles. The Balaban J connectivity index is 0.000000162. The average Bonchev–Trinajstić information content (AvgIpc) is 0.866. The summed E-state index contributed by atoms with van der Waals surface area (Å²) in [6, 6.07) is 136. The number of nitrogens with two attached hydrogens (primary N) is 2. The van der Waals surface area contributed by atoms with Gasteiger partial charge in [-0.05, 0) is 245 Å². The minimum Gasteiger partial charge on any atom is -0.485 e. The Morgan fingerprint density at radius 3 is 0.770 bits per heavy atom. The van der Waals surface area contributed by atoms with Crippen LogP contribution in [-0.2, 0) is 127 Å². The molecular formula is C121H137N5O9. The van der Waals surface area contributed by atoms with Gasteiger partial charge < -0.3 is 71.2 Å². The van der Waals surface area contributed by atoms with E-state index in [4.69, 9.17) is 55.2 Å². The maximum Gasteiger partial charge on any atom is 0.162 e. The summed E-state index contributed by atoms with van der Waals surface area (Å²) in [7, 11) is 0. The number of aliphatic hydroxyl groups excluding tert-OH is 3. The van der Waals surface area contributed by atoms with Gasteiger partial charge in [-0.15, -0.1) is 0 Å². The van der Waals surface area contributed by atoms with Crippen molar-refractivity contribution < 1.29 is 43.7 Å². The zero-order chi connectivity index (χ0) is 93.7. The van der Waals surface area contributed by atoms with Crippen LogP contribution in [0.25, 0.3) is 0 Å². The zero-order valence-electron chi connectivity index (χ0n) is 78.4. The first-order valence-corrected chi connectivity index (χ1v) is 47.9. The standard InChI is InChI=1S/C25H30N2.C25H29NO.C24H28N2O.C24H26O3.C23H24O4/c26-18-8-7-11-22-15-17-24(16-14-21-9-3-1-4-10-21)25(19-22)27-20-23-12-5-2-6-13-23;27-18-8-7-11-22-15-17-24(16-14-21-9-3-1-4-10-21)25(19-22)26-20-23-12-5-2-6-13-23;25-15-16-27-19-22-12-14-23(13-11-20-7-3-1-4-8-20)24(17-22)26-18-21-9-5-2-6-10-21;25-16-8-7-9-20-14-15-23(26-18-21-10-3-1-4-11-21)24(17-20)27-19-22-12-5-2-6-13-22;24-13-14-25-16-21-11-12-22(26-17-19-7-3-1-4-8-19)23(15-21)27-18-20-9-5-2-6-10-20/h1-6,9-10,12-13,15,17,19,27H,7-8,11,14,16,18,20,26H2;1-6,9-10,12-13,15,17,19,26-27H,7-8,11,14,16,18,20H2;1-10,12,14,17,26H,11,13,15-16,18-19,25H2;1-6,10-15,17,25H,7-9,16,18-19H2;1-12,15,24H,13-14,16-18H2. The number of benzene rings is 15. The second-order valence-electron chi connectivity index (χ2n) is 33.3. The van der Waals surface area contributed by atoms with Crippen LogP contribution in [0.3, 0.4) is 0 Å². The first kappa shape index (κ1) is 102. The van der Waals surface area contributed by atoms with Crippen LogP contribution in [0, 0.1) is 0 Å². The number of rotatable bonds is 50. The number of ether oxygens (including phenoxy) is 6. The molecule has 0 aromatic heterocycles. The predicted octanol–water partition coefficient (Wildman–Crippen LogP) is 24.8. The first-order chi connectivity index (χ1) is 66.7. The summed E-state index contributed by atoms with van der Waals surface area (Å²) in [5, 5.41) is 37.8. The summed E-state index contributed by atoms with van der Waals surface area (Å²) >= 11 is 0. The minimum atomic E-state index is 0.00956. The molecule has 700 valence electrons. The summed E-state index contributed by atoms with van der Waals surface area (Å²) < 4.78 is 35.1. The molecule has 15 aromatic carbocycles. The highest BCUT2D eigenvalue weighted by atomic mass is 16.5. The van der Waals surface area contributed by atoms with Gasteiger partial charge in [-0.25, -0.2) is 0 Å². The van der Waals surface area contributed by atoms with E-state index >= 15 is 0 Å². The highest BCUT2D eigenvalue weighted by Crippen LogP contribution is 2.34. The third kappa shape index (κ3) is 39.8. The Kier molecular flexibility index (Phi) is 47.0. The van der Waals surface area contributed by atoms with E-state index in [1.165, 1.54) is 89.4 Å². The van der Waals surface area contributed by atoms with Crippen molar-refractivity contribution in [2.45, 2.75) is 156 Å². The molecule has 0 aliphatic rings. The van der Waals surface area contributed by atoms with E-state index in [0.717, 1.165) is 162 Å². The lowest BCUT2D eigenvalue weighted by molar-refractivity contribution is 0.0813. The largest absolute Gasteiger partial charge is 0.485 e. The molecule has 0 heterocycles. The van der Waals surface area contributed by atoms with Crippen LogP contribution in [0.5, 0.6) is 23.0 Å². The zero-order valence-corrected chi connectivity index (χ0v) is 78.4. The molecule has 14 nitrogen and oxygen atoms in total. The molecule has 0 atom stereocenters. The van der Waals surface area contributed by atoms with Crippen molar-refractivity contribution >= 4 is 17.1 Å². The molecule has 0 saturated heterocycles. The molecule has 15 rings (SSSR count). The van der Waals surface area contributed by atoms with E-state index in [1.54, 1.807) is 0 Å². The average molecular weight is 1810 g/mol. The smallest absolute Gasteiger partial charge is 0.162 e. The Labute approximate surface area is 802 Å². The number of aryl methyl sites for hydroxylation is 9. The first-order valence-electron chi connectivity index (χ1n) is 47.9. The highest BCUT2D eigenvalue weighted by molar-refractivity contribution is 5.57. The maximum absolute atomic E-state index is 9.02. The van der Waals surface area contributed by atoms with Crippen LogP contribution in [-0.4, -0.2) is 61.4 Å². The van der Waals surface area contributed by atoms with Crippen LogP contribution >= 0.6 is 0 Å². The number of hydrogen-bond donors (Lipinski definition) is 8. The molecule has 10 N–H and O–H groups in total. The van der Waals surface area contributed by atoms with Gasteiger partial charge in [0.05, 0.1) is 33.0 Å².